The molecule has 1 amide bonds. The minimum absolute atomic E-state index is 0.0251. The van der Waals surface area contributed by atoms with Gasteiger partial charge in [-0.05, 0) is 76.0 Å². The maximum absolute atomic E-state index is 13.2. The second-order valence-electron chi connectivity index (χ2n) is 6.77. The summed E-state index contributed by atoms with van der Waals surface area (Å²) < 4.78 is 13.2. The first-order valence-electron chi connectivity index (χ1n) is 8.70. The summed E-state index contributed by atoms with van der Waals surface area (Å²) >= 11 is 0. The monoisotopic (exact) mass is 319 g/mol. The first-order chi connectivity index (χ1) is 11.2. The van der Waals surface area contributed by atoms with Crippen molar-refractivity contribution in [3.05, 3.63) is 30.1 Å². The molecule has 4 nitrogen and oxygen atoms in total. The van der Waals surface area contributed by atoms with E-state index >= 15 is 0 Å². The Labute approximate surface area is 137 Å². The summed E-state index contributed by atoms with van der Waals surface area (Å²) in [7, 11) is 0. The van der Waals surface area contributed by atoms with Crippen LogP contribution in [0, 0.1) is 17.7 Å². The van der Waals surface area contributed by atoms with Gasteiger partial charge in [0, 0.05) is 18.2 Å². The summed E-state index contributed by atoms with van der Waals surface area (Å²) in [4.78, 5) is 14.8. The van der Waals surface area contributed by atoms with Crippen LogP contribution in [0.4, 0.5) is 10.1 Å². The fraction of sp³-hybridized carbons (Fsp3) is 0.611. The summed E-state index contributed by atoms with van der Waals surface area (Å²) in [6, 6.07) is 6.10. The van der Waals surface area contributed by atoms with Crippen molar-refractivity contribution < 1.29 is 9.18 Å². The quantitative estimate of drug-likeness (QED) is 0.896. The molecule has 23 heavy (non-hydrogen) atoms. The summed E-state index contributed by atoms with van der Waals surface area (Å²) in [6.07, 6.45) is 4.32. The van der Waals surface area contributed by atoms with Gasteiger partial charge in [0.25, 0.3) is 0 Å². The second-order valence-corrected chi connectivity index (χ2v) is 6.77. The third-order valence-electron chi connectivity index (χ3n) is 5.03. The van der Waals surface area contributed by atoms with Crippen LogP contribution in [0.1, 0.15) is 25.7 Å². The van der Waals surface area contributed by atoms with E-state index in [1.807, 2.05) is 0 Å². The lowest BCUT2D eigenvalue weighted by atomic mass is 9.93. The highest BCUT2D eigenvalue weighted by Crippen LogP contribution is 2.22. The number of nitrogens with zero attached hydrogens (tertiary/aromatic N) is 1. The van der Waals surface area contributed by atoms with Gasteiger partial charge in [0.05, 0.1) is 0 Å². The predicted octanol–water partition coefficient (Wildman–Crippen LogP) is 2.48. The molecule has 0 atom stereocenters. The minimum Gasteiger partial charge on any atom is -0.326 e. The molecule has 1 aromatic rings. The summed E-state index contributed by atoms with van der Waals surface area (Å²) in [5, 5.41) is 6.25. The molecule has 1 aromatic carbocycles. The van der Waals surface area contributed by atoms with E-state index in [4.69, 9.17) is 0 Å². The van der Waals surface area contributed by atoms with Gasteiger partial charge in [-0.2, -0.15) is 0 Å². The maximum atomic E-state index is 13.2. The van der Waals surface area contributed by atoms with Crippen LogP contribution >= 0.6 is 0 Å². The molecule has 2 saturated heterocycles. The van der Waals surface area contributed by atoms with Crippen molar-refractivity contribution in [3.8, 4) is 0 Å². The van der Waals surface area contributed by atoms with Crippen LogP contribution in [0.15, 0.2) is 24.3 Å². The zero-order chi connectivity index (χ0) is 16.1. The second kappa shape index (κ2) is 7.88. The lowest BCUT2D eigenvalue weighted by Gasteiger charge is -2.35. The standard InChI is InChI=1S/C18H26FN3O/c19-16-2-1-3-17(12-16)21-18(23)15-6-10-22(11-7-15)13-14-4-8-20-9-5-14/h1-3,12,14-15,20H,4-11,13H2,(H,21,23). The number of likely N-dealkylation sites (tertiary alicyclic amines) is 1. The summed E-state index contributed by atoms with van der Waals surface area (Å²) in [6.45, 7) is 5.42. The fourth-order valence-corrected chi connectivity index (χ4v) is 3.62. The Morgan fingerprint density at radius 1 is 1.22 bits per heavy atom. The van der Waals surface area contributed by atoms with Crippen LogP contribution in [0.25, 0.3) is 0 Å². The number of carbonyl (C=O) groups excluding carboxylic acids is 1. The molecular weight excluding hydrogens is 293 g/mol. The predicted molar refractivity (Wildman–Crippen MR) is 89.8 cm³/mol. The van der Waals surface area contributed by atoms with Crippen LogP contribution in [0.2, 0.25) is 0 Å². The Morgan fingerprint density at radius 3 is 2.65 bits per heavy atom. The molecule has 126 valence electrons. The molecule has 0 aliphatic carbocycles. The van der Waals surface area contributed by atoms with Crippen LogP contribution in [-0.2, 0) is 4.79 Å². The van der Waals surface area contributed by atoms with E-state index in [-0.39, 0.29) is 17.6 Å². The molecule has 0 spiro atoms. The Balaban J connectivity index is 1.43. The van der Waals surface area contributed by atoms with Crippen LogP contribution in [-0.4, -0.2) is 43.5 Å². The Kier molecular flexibility index (Phi) is 5.62. The SMILES string of the molecule is O=C(Nc1cccc(F)c1)C1CCN(CC2CCNCC2)CC1. The van der Waals surface area contributed by atoms with Crippen LogP contribution in [0.5, 0.6) is 0 Å². The number of benzene rings is 1. The number of rotatable bonds is 4. The lowest BCUT2D eigenvalue weighted by molar-refractivity contribution is -0.121. The molecule has 0 aromatic heterocycles. The van der Waals surface area contributed by atoms with E-state index < -0.39 is 0 Å². The van der Waals surface area contributed by atoms with Crippen molar-refractivity contribution in [2.24, 2.45) is 11.8 Å². The van der Waals surface area contributed by atoms with Crippen molar-refractivity contribution in [1.82, 2.24) is 10.2 Å². The fourth-order valence-electron chi connectivity index (χ4n) is 3.62. The third kappa shape index (κ3) is 4.75. The van der Waals surface area contributed by atoms with Crippen LogP contribution < -0.4 is 10.6 Å². The van der Waals surface area contributed by atoms with E-state index in [2.05, 4.69) is 15.5 Å². The average molecular weight is 319 g/mol. The highest BCUT2D eigenvalue weighted by atomic mass is 19.1. The smallest absolute Gasteiger partial charge is 0.227 e. The minimum atomic E-state index is -0.320. The van der Waals surface area contributed by atoms with Crippen LogP contribution in [0.3, 0.4) is 0 Å². The topological polar surface area (TPSA) is 44.4 Å². The van der Waals surface area contributed by atoms with E-state index in [1.165, 1.54) is 31.5 Å². The van der Waals surface area contributed by atoms with Crippen molar-refractivity contribution in [1.29, 1.82) is 0 Å². The number of nitrogens with one attached hydrogen (secondary N) is 2. The molecule has 0 saturated carbocycles. The normalized spacial score (nSPS) is 21.3. The van der Waals surface area contributed by atoms with Gasteiger partial charge in [-0.1, -0.05) is 6.07 Å². The van der Waals surface area contributed by atoms with Crippen molar-refractivity contribution in [3.63, 3.8) is 0 Å². The first-order valence-corrected chi connectivity index (χ1v) is 8.70. The van der Waals surface area contributed by atoms with Gasteiger partial charge >= 0.3 is 0 Å². The Hall–Kier alpha value is -1.46. The van der Waals surface area contributed by atoms with E-state index in [0.29, 0.717) is 5.69 Å². The molecule has 2 N–H and O–H groups in total. The Bertz CT molecular complexity index is 523. The number of anilines is 1. The van der Waals surface area contributed by atoms with E-state index in [1.54, 1.807) is 12.1 Å². The highest BCUT2D eigenvalue weighted by molar-refractivity contribution is 5.92. The van der Waals surface area contributed by atoms with Crippen molar-refractivity contribution in [2.75, 3.05) is 38.0 Å². The molecule has 2 fully saturated rings. The highest BCUT2D eigenvalue weighted by Gasteiger charge is 2.26. The van der Waals surface area contributed by atoms with E-state index in [0.717, 1.165) is 44.9 Å². The van der Waals surface area contributed by atoms with Gasteiger partial charge in [0.15, 0.2) is 0 Å². The molecule has 3 rings (SSSR count). The third-order valence-corrected chi connectivity index (χ3v) is 5.03. The summed E-state index contributed by atoms with van der Waals surface area (Å²) in [5.74, 6) is 0.549. The molecule has 2 heterocycles. The van der Waals surface area contributed by atoms with E-state index in [9.17, 15) is 9.18 Å². The molecule has 0 bridgehead atoms. The van der Waals surface area contributed by atoms with Gasteiger partial charge in [0.2, 0.25) is 5.91 Å². The van der Waals surface area contributed by atoms with Crippen molar-refractivity contribution >= 4 is 11.6 Å². The first kappa shape index (κ1) is 16.4. The summed E-state index contributed by atoms with van der Waals surface area (Å²) in [5.41, 5.74) is 0.548. The van der Waals surface area contributed by atoms with Gasteiger partial charge < -0.3 is 15.5 Å². The number of hydrogen-bond donors (Lipinski definition) is 2. The zero-order valence-electron chi connectivity index (χ0n) is 13.6. The van der Waals surface area contributed by atoms with Gasteiger partial charge in [-0.25, -0.2) is 4.39 Å². The Morgan fingerprint density at radius 2 is 1.96 bits per heavy atom. The van der Waals surface area contributed by atoms with Gasteiger partial charge in [0.1, 0.15) is 5.82 Å². The molecule has 5 heteroatoms. The van der Waals surface area contributed by atoms with Crippen molar-refractivity contribution in [2.45, 2.75) is 25.7 Å². The largest absolute Gasteiger partial charge is 0.326 e. The molecule has 0 unspecified atom stereocenters. The van der Waals surface area contributed by atoms with Gasteiger partial charge in [-0.3, -0.25) is 4.79 Å². The molecule has 0 radical (unpaired) electrons. The zero-order valence-corrected chi connectivity index (χ0v) is 13.6. The number of hydrogen-bond acceptors (Lipinski definition) is 3. The number of amides is 1. The number of halogens is 1. The molecule has 2 aliphatic rings. The molecule has 2 aliphatic heterocycles. The maximum Gasteiger partial charge on any atom is 0.227 e. The molecular formula is C18H26FN3O. The number of piperidine rings is 2. The number of carbonyl (C=O) groups is 1. The average Bonchev–Trinajstić information content (AvgIpc) is 2.56. The van der Waals surface area contributed by atoms with Gasteiger partial charge in [-0.15, -0.1) is 0 Å². The lowest BCUT2D eigenvalue weighted by Crippen LogP contribution is -2.42.